The monoisotopic (exact) mass is 229 g/mol. The second kappa shape index (κ2) is 5.30. The van der Waals surface area contributed by atoms with Crippen molar-refractivity contribution in [2.45, 2.75) is 13.3 Å². The Morgan fingerprint density at radius 3 is 2.59 bits per heavy atom. The minimum atomic E-state index is 0.536. The second-order valence-corrected chi connectivity index (χ2v) is 3.59. The van der Waals surface area contributed by atoms with E-state index in [2.05, 4.69) is 34.3 Å². The molecule has 1 N–H and O–H groups in total. The van der Waals surface area contributed by atoms with Crippen molar-refractivity contribution in [2.24, 2.45) is 0 Å². The van der Waals surface area contributed by atoms with Gasteiger partial charge in [0.2, 0.25) is 5.88 Å². The Bertz CT molecular complexity index is 482. The summed E-state index contributed by atoms with van der Waals surface area (Å²) in [6.07, 6.45) is 2.50. The first-order chi connectivity index (χ1) is 8.31. The smallest absolute Gasteiger partial charge is 0.224 e. The van der Waals surface area contributed by atoms with Crippen LogP contribution in [0.15, 0.2) is 36.7 Å². The number of nitrogens with zero attached hydrogens (tertiary/aromatic N) is 2. The zero-order chi connectivity index (χ0) is 12.1. The molecule has 88 valence electrons. The first kappa shape index (κ1) is 11.4. The zero-order valence-corrected chi connectivity index (χ0v) is 9.97. The summed E-state index contributed by atoms with van der Waals surface area (Å²) in [6, 6.07) is 9.75. The lowest BCUT2D eigenvalue weighted by Gasteiger charge is -2.06. The van der Waals surface area contributed by atoms with E-state index in [4.69, 9.17) is 4.74 Å². The van der Waals surface area contributed by atoms with Crippen LogP contribution in [-0.4, -0.2) is 17.0 Å². The van der Waals surface area contributed by atoms with E-state index in [1.54, 1.807) is 6.07 Å². The van der Waals surface area contributed by atoms with Crippen molar-refractivity contribution in [2.75, 3.05) is 12.4 Å². The van der Waals surface area contributed by atoms with E-state index < -0.39 is 0 Å². The number of anilines is 1. The van der Waals surface area contributed by atoms with Crippen molar-refractivity contribution >= 4 is 5.82 Å². The van der Waals surface area contributed by atoms with Gasteiger partial charge in [0.05, 0.1) is 0 Å². The molecule has 4 nitrogen and oxygen atoms in total. The van der Waals surface area contributed by atoms with E-state index in [0.717, 1.165) is 18.0 Å². The van der Waals surface area contributed by atoms with E-state index in [1.165, 1.54) is 11.9 Å². The van der Waals surface area contributed by atoms with Gasteiger partial charge in [0.25, 0.3) is 0 Å². The summed E-state index contributed by atoms with van der Waals surface area (Å²) in [5.41, 5.74) is 1.29. The molecule has 0 unspecified atom stereocenters. The van der Waals surface area contributed by atoms with Gasteiger partial charge >= 0.3 is 0 Å². The minimum absolute atomic E-state index is 0.536. The van der Waals surface area contributed by atoms with Gasteiger partial charge in [-0.15, -0.1) is 0 Å². The molecule has 0 saturated heterocycles. The molecule has 2 aromatic rings. The number of hydrogen-bond acceptors (Lipinski definition) is 4. The highest BCUT2D eigenvalue weighted by atomic mass is 16.5. The molecular weight excluding hydrogens is 214 g/mol. The Hall–Kier alpha value is -2.10. The molecule has 0 aliphatic carbocycles. The summed E-state index contributed by atoms with van der Waals surface area (Å²) in [7, 11) is 1.81. The van der Waals surface area contributed by atoms with Gasteiger partial charge in [0.15, 0.2) is 0 Å². The zero-order valence-electron chi connectivity index (χ0n) is 9.97. The third-order valence-corrected chi connectivity index (χ3v) is 2.45. The highest BCUT2D eigenvalue weighted by Gasteiger charge is 2.00. The Balaban J connectivity index is 2.13. The Kier molecular flexibility index (Phi) is 3.55. The maximum atomic E-state index is 5.63. The molecule has 0 radical (unpaired) electrons. The van der Waals surface area contributed by atoms with Crippen LogP contribution in [0.3, 0.4) is 0 Å². The van der Waals surface area contributed by atoms with Crippen LogP contribution in [-0.2, 0) is 6.42 Å². The van der Waals surface area contributed by atoms with E-state index >= 15 is 0 Å². The molecule has 0 saturated carbocycles. The van der Waals surface area contributed by atoms with E-state index in [-0.39, 0.29) is 0 Å². The Labute approximate surface area is 101 Å². The van der Waals surface area contributed by atoms with Gasteiger partial charge in [0.1, 0.15) is 17.9 Å². The summed E-state index contributed by atoms with van der Waals surface area (Å²) >= 11 is 0. The summed E-state index contributed by atoms with van der Waals surface area (Å²) < 4.78 is 5.63. The summed E-state index contributed by atoms with van der Waals surface area (Å²) in [5, 5.41) is 2.94. The molecular formula is C13H15N3O. The molecule has 1 heterocycles. The van der Waals surface area contributed by atoms with Crippen LogP contribution >= 0.6 is 0 Å². The molecule has 0 bridgehead atoms. The van der Waals surface area contributed by atoms with E-state index in [0.29, 0.717) is 5.88 Å². The molecule has 2 rings (SSSR count). The van der Waals surface area contributed by atoms with Gasteiger partial charge in [0, 0.05) is 13.1 Å². The van der Waals surface area contributed by atoms with Crippen molar-refractivity contribution in [1.82, 2.24) is 9.97 Å². The molecule has 0 amide bonds. The molecule has 0 aliphatic rings. The van der Waals surface area contributed by atoms with Crippen LogP contribution in [0.5, 0.6) is 11.6 Å². The number of rotatable bonds is 4. The van der Waals surface area contributed by atoms with Gasteiger partial charge in [-0.1, -0.05) is 19.1 Å². The first-order valence-corrected chi connectivity index (χ1v) is 5.58. The van der Waals surface area contributed by atoms with Crippen LogP contribution in [0, 0.1) is 0 Å². The van der Waals surface area contributed by atoms with E-state index in [1.807, 2.05) is 19.2 Å². The van der Waals surface area contributed by atoms with Gasteiger partial charge in [-0.2, -0.15) is 0 Å². The van der Waals surface area contributed by atoms with Gasteiger partial charge < -0.3 is 10.1 Å². The third-order valence-electron chi connectivity index (χ3n) is 2.45. The SMILES string of the molecule is CCc1ccc(Oc2cc(NC)ncn2)cc1. The van der Waals surface area contributed by atoms with Crippen LogP contribution in [0.4, 0.5) is 5.82 Å². The number of hydrogen-bond donors (Lipinski definition) is 1. The average molecular weight is 229 g/mol. The lowest BCUT2D eigenvalue weighted by Crippen LogP contribution is -1.95. The minimum Gasteiger partial charge on any atom is -0.439 e. The molecule has 0 spiro atoms. The highest BCUT2D eigenvalue weighted by Crippen LogP contribution is 2.20. The average Bonchev–Trinajstić information content (AvgIpc) is 2.40. The standard InChI is InChI=1S/C13H15N3O/c1-3-10-4-6-11(7-5-10)17-13-8-12(14-2)15-9-16-13/h4-9H,3H2,1-2H3,(H,14,15,16). The van der Waals surface area contributed by atoms with Crippen LogP contribution in [0.25, 0.3) is 0 Å². The Morgan fingerprint density at radius 1 is 1.18 bits per heavy atom. The lowest BCUT2D eigenvalue weighted by molar-refractivity contribution is 0.461. The predicted octanol–water partition coefficient (Wildman–Crippen LogP) is 2.87. The van der Waals surface area contributed by atoms with Gasteiger partial charge in [-0.05, 0) is 24.1 Å². The van der Waals surface area contributed by atoms with Gasteiger partial charge in [-0.25, -0.2) is 9.97 Å². The molecule has 4 heteroatoms. The Morgan fingerprint density at radius 2 is 1.94 bits per heavy atom. The lowest BCUT2D eigenvalue weighted by atomic mass is 10.2. The largest absolute Gasteiger partial charge is 0.439 e. The summed E-state index contributed by atoms with van der Waals surface area (Å²) in [4.78, 5) is 8.08. The molecule has 0 aliphatic heterocycles. The van der Waals surface area contributed by atoms with Crippen molar-refractivity contribution in [1.29, 1.82) is 0 Å². The topological polar surface area (TPSA) is 47.0 Å². The predicted molar refractivity (Wildman–Crippen MR) is 67.5 cm³/mol. The van der Waals surface area contributed by atoms with Gasteiger partial charge in [-0.3, -0.25) is 0 Å². The maximum absolute atomic E-state index is 5.63. The normalized spacial score (nSPS) is 10.0. The maximum Gasteiger partial charge on any atom is 0.224 e. The molecule has 0 atom stereocenters. The van der Waals surface area contributed by atoms with Crippen LogP contribution in [0.2, 0.25) is 0 Å². The fraction of sp³-hybridized carbons (Fsp3) is 0.231. The summed E-state index contributed by atoms with van der Waals surface area (Å²) in [6.45, 7) is 2.12. The number of aryl methyl sites for hydroxylation is 1. The van der Waals surface area contributed by atoms with E-state index in [9.17, 15) is 0 Å². The second-order valence-electron chi connectivity index (χ2n) is 3.59. The van der Waals surface area contributed by atoms with Crippen molar-refractivity contribution < 1.29 is 4.74 Å². The molecule has 0 fully saturated rings. The number of nitrogens with one attached hydrogen (secondary N) is 1. The number of benzene rings is 1. The molecule has 1 aromatic heterocycles. The molecule has 17 heavy (non-hydrogen) atoms. The van der Waals surface area contributed by atoms with Crippen molar-refractivity contribution in [3.8, 4) is 11.6 Å². The summed E-state index contributed by atoms with van der Waals surface area (Å²) in [5.74, 6) is 2.05. The fourth-order valence-electron chi connectivity index (χ4n) is 1.45. The third kappa shape index (κ3) is 2.93. The van der Waals surface area contributed by atoms with Crippen molar-refractivity contribution in [3.63, 3.8) is 0 Å². The fourth-order valence-corrected chi connectivity index (χ4v) is 1.45. The van der Waals surface area contributed by atoms with Crippen LogP contribution < -0.4 is 10.1 Å². The number of aromatic nitrogens is 2. The van der Waals surface area contributed by atoms with Crippen molar-refractivity contribution in [3.05, 3.63) is 42.2 Å². The quantitative estimate of drug-likeness (QED) is 0.875. The molecule has 1 aromatic carbocycles. The highest BCUT2D eigenvalue weighted by molar-refractivity contribution is 5.38. The number of ether oxygens (including phenoxy) is 1. The van der Waals surface area contributed by atoms with Crippen LogP contribution in [0.1, 0.15) is 12.5 Å². The first-order valence-electron chi connectivity index (χ1n) is 5.58.